The lowest BCUT2D eigenvalue weighted by atomic mass is 10.3. The molecule has 0 aliphatic heterocycles. The van der Waals surface area contributed by atoms with Crippen LogP contribution in [0.3, 0.4) is 0 Å². The summed E-state index contributed by atoms with van der Waals surface area (Å²) in [6.45, 7) is 2.07. The van der Waals surface area contributed by atoms with Crippen LogP contribution in [-0.4, -0.2) is 10.3 Å². The molecule has 7 heavy (non-hydrogen) atoms. The minimum absolute atomic E-state index is 0.178. The summed E-state index contributed by atoms with van der Waals surface area (Å²) in [7, 11) is 0. The molecule has 0 aliphatic rings. The van der Waals surface area contributed by atoms with Crippen LogP contribution in [0.5, 0.6) is 0 Å². The van der Waals surface area contributed by atoms with E-state index in [0.717, 1.165) is 5.75 Å². The monoisotopic (exact) mass is 154 g/mol. The van der Waals surface area contributed by atoms with Crippen molar-refractivity contribution in [3.63, 3.8) is 0 Å². The van der Waals surface area contributed by atoms with Gasteiger partial charge in [0.2, 0.25) is 0 Å². The van der Waals surface area contributed by atoms with Crippen LogP contribution >= 0.6 is 37.9 Å². The molecular weight excluding hydrogens is 144 g/mol. The first-order valence-electron chi connectivity index (χ1n) is 2.15. The Bertz CT molecular complexity index is 44.2. The predicted molar refractivity (Wildman–Crippen MR) is 44.8 cm³/mol. The van der Waals surface area contributed by atoms with E-state index < -0.39 is 0 Å². The third-order valence-electron chi connectivity index (χ3n) is 0.797. The highest BCUT2D eigenvalue weighted by atomic mass is 32.2. The van der Waals surface area contributed by atoms with Crippen LogP contribution in [0.15, 0.2) is 0 Å². The van der Waals surface area contributed by atoms with Gasteiger partial charge in [-0.15, -0.1) is 0 Å². The zero-order valence-electron chi connectivity index (χ0n) is 4.20. The largest absolute Gasteiger partial charge is 0.179 e. The van der Waals surface area contributed by atoms with E-state index in [2.05, 4.69) is 44.8 Å². The second-order valence-electron chi connectivity index (χ2n) is 1.57. The van der Waals surface area contributed by atoms with Crippen molar-refractivity contribution >= 4 is 37.9 Å². The van der Waals surface area contributed by atoms with Gasteiger partial charge in [0.05, 0.1) is 0 Å². The highest BCUT2D eigenvalue weighted by molar-refractivity contribution is 7.99. The zero-order valence-corrected chi connectivity index (χ0v) is 6.89. The Balaban J connectivity index is 3.14. The van der Waals surface area contributed by atoms with Gasteiger partial charge < -0.3 is 0 Å². The summed E-state index contributed by atoms with van der Waals surface area (Å²) < 4.78 is 0.178. The van der Waals surface area contributed by atoms with Gasteiger partial charge in [0.1, 0.15) is 0 Å². The smallest absolute Gasteiger partial charge is 0.0475 e. The van der Waals surface area contributed by atoms with E-state index >= 15 is 0 Å². The van der Waals surface area contributed by atoms with Crippen molar-refractivity contribution in [3.05, 3.63) is 0 Å². The van der Waals surface area contributed by atoms with E-state index in [1.165, 1.54) is 0 Å². The van der Waals surface area contributed by atoms with E-state index in [1.807, 2.05) is 0 Å². The second-order valence-corrected chi connectivity index (χ2v) is 3.46. The SMILES string of the molecule is C[C@@H](CS)C(S)S. The van der Waals surface area contributed by atoms with Gasteiger partial charge in [-0.25, -0.2) is 0 Å². The Morgan fingerprint density at radius 1 is 1.43 bits per heavy atom. The molecule has 0 aliphatic carbocycles. The predicted octanol–water partition coefficient (Wildman–Crippen LogP) is 1.74. The lowest BCUT2D eigenvalue weighted by Crippen LogP contribution is -2.05. The quantitative estimate of drug-likeness (QED) is 0.392. The molecule has 0 N–H and O–H groups in total. The maximum absolute atomic E-state index is 4.09. The summed E-state index contributed by atoms with van der Waals surface area (Å²) in [5.41, 5.74) is 0. The molecule has 0 saturated carbocycles. The summed E-state index contributed by atoms with van der Waals surface area (Å²) in [4.78, 5) is 0. The van der Waals surface area contributed by atoms with Gasteiger partial charge >= 0.3 is 0 Å². The zero-order chi connectivity index (χ0) is 5.86. The lowest BCUT2D eigenvalue weighted by molar-refractivity contribution is 0.742. The standard InChI is InChI=1S/C4H10S3/c1-3(2-5)4(6)7/h3-7H,2H2,1H3/t3-/m0/s1. The molecule has 0 spiro atoms. The second kappa shape index (κ2) is 3.98. The Morgan fingerprint density at radius 2 is 1.86 bits per heavy atom. The highest BCUT2D eigenvalue weighted by Gasteiger charge is 2.03. The van der Waals surface area contributed by atoms with Crippen LogP contribution in [0.2, 0.25) is 0 Å². The molecule has 0 aromatic carbocycles. The highest BCUT2D eigenvalue weighted by Crippen LogP contribution is 2.13. The molecule has 0 amide bonds. The van der Waals surface area contributed by atoms with Crippen LogP contribution in [0.1, 0.15) is 6.92 Å². The summed E-state index contributed by atoms with van der Waals surface area (Å²) >= 11 is 12.2. The number of hydrogen-bond acceptors (Lipinski definition) is 3. The third kappa shape index (κ3) is 3.62. The first-order valence-corrected chi connectivity index (χ1v) is 3.82. The van der Waals surface area contributed by atoms with E-state index in [4.69, 9.17) is 0 Å². The molecule has 0 radical (unpaired) electrons. The summed E-state index contributed by atoms with van der Waals surface area (Å²) in [6, 6.07) is 0. The Morgan fingerprint density at radius 3 is 1.86 bits per heavy atom. The average molecular weight is 154 g/mol. The number of hydrogen-bond donors (Lipinski definition) is 3. The van der Waals surface area contributed by atoms with Crippen LogP contribution in [0, 0.1) is 5.92 Å². The average Bonchev–Trinajstić information content (AvgIpc) is 1.65. The molecule has 0 unspecified atom stereocenters. The van der Waals surface area contributed by atoms with Gasteiger partial charge in [0, 0.05) is 4.58 Å². The molecule has 0 bridgehead atoms. The number of thiol groups is 3. The van der Waals surface area contributed by atoms with Gasteiger partial charge in [-0.05, 0) is 11.7 Å². The van der Waals surface area contributed by atoms with Crippen molar-refractivity contribution in [2.75, 3.05) is 5.75 Å². The molecule has 0 saturated heterocycles. The molecule has 0 aromatic heterocycles. The molecule has 0 heterocycles. The van der Waals surface area contributed by atoms with E-state index in [9.17, 15) is 0 Å². The summed E-state index contributed by atoms with van der Waals surface area (Å²) in [5, 5.41) is 0. The molecule has 0 aromatic rings. The van der Waals surface area contributed by atoms with Crippen LogP contribution in [-0.2, 0) is 0 Å². The Labute approximate surface area is 61.3 Å². The van der Waals surface area contributed by atoms with Crippen molar-refractivity contribution in [1.29, 1.82) is 0 Å². The molecule has 0 nitrogen and oxygen atoms in total. The molecule has 0 fully saturated rings. The van der Waals surface area contributed by atoms with Crippen molar-refractivity contribution < 1.29 is 0 Å². The molecule has 44 valence electrons. The van der Waals surface area contributed by atoms with Crippen molar-refractivity contribution in [2.24, 2.45) is 5.92 Å². The van der Waals surface area contributed by atoms with E-state index in [-0.39, 0.29) is 4.58 Å². The lowest BCUT2D eigenvalue weighted by Gasteiger charge is -2.08. The van der Waals surface area contributed by atoms with Crippen molar-refractivity contribution in [2.45, 2.75) is 11.5 Å². The van der Waals surface area contributed by atoms with Crippen LogP contribution < -0.4 is 0 Å². The summed E-state index contributed by atoms with van der Waals surface area (Å²) in [6.07, 6.45) is 0. The molecule has 0 rings (SSSR count). The topological polar surface area (TPSA) is 0 Å². The minimum atomic E-state index is 0.178. The third-order valence-corrected chi connectivity index (χ3v) is 2.39. The Hall–Kier alpha value is 1.05. The van der Waals surface area contributed by atoms with Gasteiger partial charge in [-0.1, -0.05) is 6.92 Å². The molecular formula is C4H10S3. The maximum Gasteiger partial charge on any atom is 0.0475 e. The van der Waals surface area contributed by atoms with E-state index in [1.54, 1.807) is 0 Å². The molecule has 1 atom stereocenters. The fraction of sp³-hybridized carbons (Fsp3) is 1.00. The fourth-order valence-corrected chi connectivity index (χ4v) is 0.849. The van der Waals surface area contributed by atoms with Gasteiger partial charge in [0.25, 0.3) is 0 Å². The summed E-state index contributed by atoms with van der Waals surface area (Å²) in [5.74, 6) is 1.35. The van der Waals surface area contributed by atoms with Gasteiger partial charge in [0.15, 0.2) is 0 Å². The number of rotatable bonds is 2. The minimum Gasteiger partial charge on any atom is -0.179 e. The first-order chi connectivity index (χ1) is 3.18. The first kappa shape index (κ1) is 8.05. The normalized spacial score (nSPS) is 15.0. The van der Waals surface area contributed by atoms with Gasteiger partial charge in [-0.2, -0.15) is 37.9 Å². The fourth-order valence-electron chi connectivity index (χ4n) is 0.0943. The maximum atomic E-state index is 4.09. The van der Waals surface area contributed by atoms with Crippen LogP contribution in [0.25, 0.3) is 0 Å². The van der Waals surface area contributed by atoms with Crippen molar-refractivity contribution in [1.82, 2.24) is 0 Å². The van der Waals surface area contributed by atoms with Gasteiger partial charge in [-0.3, -0.25) is 0 Å². The molecule has 3 heteroatoms. The van der Waals surface area contributed by atoms with E-state index in [0.29, 0.717) is 5.92 Å². The van der Waals surface area contributed by atoms with Crippen molar-refractivity contribution in [3.8, 4) is 0 Å². The van der Waals surface area contributed by atoms with Crippen LogP contribution in [0.4, 0.5) is 0 Å². The Kier molecular flexibility index (Phi) is 4.58.